The fourth-order valence-corrected chi connectivity index (χ4v) is 3.83. The molecular formula is C24H28O6. The first kappa shape index (κ1) is 21.0. The summed E-state index contributed by atoms with van der Waals surface area (Å²) in [6.07, 6.45) is -2.79. The Balaban J connectivity index is 1.58. The lowest BCUT2D eigenvalue weighted by molar-refractivity contribution is -0.365. The first-order valence-electron chi connectivity index (χ1n) is 10.1. The highest BCUT2D eigenvalue weighted by atomic mass is 16.8. The monoisotopic (exact) mass is 412 g/mol. The third-order valence-corrected chi connectivity index (χ3v) is 5.21. The third-order valence-electron chi connectivity index (χ3n) is 5.21. The average molecular weight is 412 g/mol. The van der Waals surface area contributed by atoms with Crippen LogP contribution >= 0.6 is 0 Å². The molecule has 2 aliphatic heterocycles. The zero-order valence-electron chi connectivity index (χ0n) is 17.3. The lowest BCUT2D eigenvalue weighted by atomic mass is 9.97. The van der Waals surface area contributed by atoms with Crippen molar-refractivity contribution in [3.8, 4) is 0 Å². The molecule has 6 heteroatoms. The van der Waals surface area contributed by atoms with Crippen molar-refractivity contribution < 1.29 is 28.4 Å². The summed E-state index contributed by atoms with van der Waals surface area (Å²) in [6.45, 7) is 6.47. The van der Waals surface area contributed by atoms with Crippen LogP contribution in [0.2, 0.25) is 0 Å². The van der Waals surface area contributed by atoms with Gasteiger partial charge in [0.2, 0.25) is 0 Å². The number of methoxy groups -OCH3 is 1. The highest BCUT2D eigenvalue weighted by Crippen LogP contribution is 2.37. The first-order valence-corrected chi connectivity index (χ1v) is 10.1. The second kappa shape index (κ2) is 9.73. The van der Waals surface area contributed by atoms with Crippen LogP contribution in [0.5, 0.6) is 0 Å². The summed E-state index contributed by atoms with van der Waals surface area (Å²) in [7, 11) is 1.59. The molecule has 6 atom stereocenters. The molecule has 0 radical (unpaired) electrons. The van der Waals surface area contributed by atoms with Gasteiger partial charge in [-0.1, -0.05) is 67.2 Å². The van der Waals surface area contributed by atoms with Crippen LogP contribution < -0.4 is 0 Å². The van der Waals surface area contributed by atoms with Gasteiger partial charge in [-0.05, 0) is 12.5 Å². The maximum Gasteiger partial charge on any atom is 0.197 e. The second-order valence-corrected chi connectivity index (χ2v) is 7.50. The van der Waals surface area contributed by atoms with Crippen LogP contribution in [0.15, 0.2) is 73.0 Å². The maximum atomic E-state index is 6.36. The minimum atomic E-state index is -0.621. The Morgan fingerprint density at radius 2 is 1.70 bits per heavy atom. The molecule has 30 heavy (non-hydrogen) atoms. The Morgan fingerprint density at radius 3 is 2.37 bits per heavy atom. The molecule has 2 heterocycles. The van der Waals surface area contributed by atoms with E-state index < -0.39 is 24.8 Å². The summed E-state index contributed by atoms with van der Waals surface area (Å²) < 4.78 is 36.3. The fourth-order valence-electron chi connectivity index (χ4n) is 3.83. The van der Waals surface area contributed by atoms with E-state index in [0.717, 1.165) is 11.1 Å². The molecule has 2 aromatic carbocycles. The van der Waals surface area contributed by atoms with E-state index in [4.69, 9.17) is 28.4 Å². The van der Waals surface area contributed by atoms with Gasteiger partial charge in [0, 0.05) is 12.7 Å². The Kier molecular flexibility index (Phi) is 6.82. The number of allylic oxidation sites excluding steroid dienone is 1. The molecule has 2 aromatic rings. The van der Waals surface area contributed by atoms with Crippen molar-refractivity contribution in [3.63, 3.8) is 0 Å². The summed E-state index contributed by atoms with van der Waals surface area (Å²) in [6, 6.07) is 19.9. The molecule has 0 spiro atoms. The van der Waals surface area contributed by atoms with Gasteiger partial charge in [-0.25, -0.2) is 0 Å². The average Bonchev–Trinajstić information content (AvgIpc) is 2.78. The van der Waals surface area contributed by atoms with E-state index in [1.165, 1.54) is 0 Å². The zero-order valence-corrected chi connectivity index (χ0v) is 17.3. The SMILES string of the molecule is C=C(C)O[C@H]1[C@@H](OC)O[C@@H]2CO[C@@H](c3ccccc3)O[C@H]2[C@H]1OCc1ccccc1. The van der Waals surface area contributed by atoms with Crippen LogP contribution in [0.1, 0.15) is 24.3 Å². The van der Waals surface area contributed by atoms with E-state index in [1.54, 1.807) is 14.0 Å². The van der Waals surface area contributed by atoms with Gasteiger partial charge in [0.15, 0.2) is 18.7 Å². The van der Waals surface area contributed by atoms with Crippen molar-refractivity contribution in [1.29, 1.82) is 0 Å². The number of ether oxygens (including phenoxy) is 6. The Labute approximate surface area is 177 Å². The van der Waals surface area contributed by atoms with E-state index in [1.807, 2.05) is 60.7 Å². The smallest absolute Gasteiger partial charge is 0.197 e. The number of hydrogen-bond donors (Lipinski definition) is 0. The van der Waals surface area contributed by atoms with E-state index in [9.17, 15) is 0 Å². The Hall–Kier alpha value is -2.22. The number of hydrogen-bond acceptors (Lipinski definition) is 6. The van der Waals surface area contributed by atoms with Crippen molar-refractivity contribution in [1.82, 2.24) is 0 Å². The molecule has 2 aliphatic rings. The molecular weight excluding hydrogens is 384 g/mol. The molecule has 4 rings (SSSR count). The van der Waals surface area contributed by atoms with Crippen LogP contribution in [0, 0.1) is 0 Å². The molecule has 0 saturated carbocycles. The number of fused-ring (bicyclic) bond motifs is 1. The Bertz CT molecular complexity index is 811. The minimum Gasteiger partial charge on any atom is -0.488 e. The first-order chi connectivity index (χ1) is 14.7. The van der Waals surface area contributed by atoms with Crippen LogP contribution in [0.3, 0.4) is 0 Å². The van der Waals surface area contributed by atoms with Crippen molar-refractivity contribution in [2.24, 2.45) is 0 Å². The molecule has 0 aliphatic carbocycles. The lowest BCUT2D eigenvalue weighted by Gasteiger charge is -2.48. The fraction of sp³-hybridized carbons (Fsp3) is 0.417. The summed E-state index contributed by atoms with van der Waals surface area (Å²) in [5.41, 5.74) is 2.01. The van der Waals surface area contributed by atoms with Gasteiger partial charge in [-0.15, -0.1) is 0 Å². The predicted molar refractivity (Wildman–Crippen MR) is 110 cm³/mol. The number of benzene rings is 2. The molecule has 160 valence electrons. The van der Waals surface area contributed by atoms with Gasteiger partial charge in [0.1, 0.15) is 18.3 Å². The molecule has 0 N–H and O–H groups in total. The van der Waals surface area contributed by atoms with Gasteiger partial charge in [-0.3, -0.25) is 0 Å². The summed E-state index contributed by atoms with van der Waals surface area (Å²) in [4.78, 5) is 0. The lowest BCUT2D eigenvalue weighted by Crippen LogP contribution is -2.63. The van der Waals surface area contributed by atoms with Crippen molar-refractivity contribution >= 4 is 0 Å². The molecule has 6 nitrogen and oxygen atoms in total. The molecule has 0 aromatic heterocycles. The molecule has 0 amide bonds. The highest BCUT2D eigenvalue weighted by Gasteiger charge is 2.52. The van der Waals surface area contributed by atoms with Crippen molar-refractivity contribution in [2.45, 2.75) is 50.5 Å². The largest absolute Gasteiger partial charge is 0.488 e. The third kappa shape index (κ3) is 4.74. The Morgan fingerprint density at radius 1 is 1.00 bits per heavy atom. The van der Waals surface area contributed by atoms with Gasteiger partial charge < -0.3 is 28.4 Å². The standard InChI is InChI=1S/C24H28O6/c1-16(2)28-22-21(26-14-17-10-6-4-7-11-17)20-19(29-24(22)25-3)15-27-23(30-20)18-12-8-5-9-13-18/h4-13,19-24H,1,14-15H2,2-3H3/t19-,20-,21-,22-,23-,24+/m1/s1. The van der Waals surface area contributed by atoms with Crippen LogP contribution in [-0.4, -0.2) is 44.4 Å². The normalized spacial score (nSPS) is 31.0. The van der Waals surface area contributed by atoms with Crippen LogP contribution in [-0.2, 0) is 35.0 Å². The quantitative estimate of drug-likeness (QED) is 0.642. The van der Waals surface area contributed by atoms with Crippen molar-refractivity contribution in [2.75, 3.05) is 13.7 Å². The van der Waals surface area contributed by atoms with Crippen LogP contribution in [0.4, 0.5) is 0 Å². The van der Waals surface area contributed by atoms with Gasteiger partial charge in [0.25, 0.3) is 0 Å². The topological polar surface area (TPSA) is 55.4 Å². The highest BCUT2D eigenvalue weighted by molar-refractivity contribution is 5.17. The zero-order chi connectivity index (χ0) is 20.9. The minimum absolute atomic E-state index is 0.333. The van der Waals surface area contributed by atoms with Crippen molar-refractivity contribution in [3.05, 3.63) is 84.1 Å². The second-order valence-electron chi connectivity index (χ2n) is 7.50. The summed E-state index contributed by atoms with van der Waals surface area (Å²) >= 11 is 0. The number of rotatable bonds is 7. The van der Waals surface area contributed by atoms with E-state index >= 15 is 0 Å². The molecule has 2 saturated heterocycles. The van der Waals surface area contributed by atoms with Gasteiger partial charge >= 0.3 is 0 Å². The maximum absolute atomic E-state index is 6.36. The van der Waals surface area contributed by atoms with Crippen LogP contribution in [0.25, 0.3) is 0 Å². The van der Waals surface area contributed by atoms with E-state index in [2.05, 4.69) is 6.58 Å². The summed E-state index contributed by atoms with van der Waals surface area (Å²) in [5, 5.41) is 0. The van der Waals surface area contributed by atoms with Gasteiger partial charge in [-0.2, -0.15) is 0 Å². The molecule has 0 unspecified atom stereocenters. The van der Waals surface area contributed by atoms with E-state index in [-0.39, 0.29) is 12.2 Å². The molecule has 0 bridgehead atoms. The summed E-state index contributed by atoms with van der Waals surface area (Å²) in [5.74, 6) is 0.559. The van der Waals surface area contributed by atoms with E-state index in [0.29, 0.717) is 19.0 Å². The molecule has 2 fully saturated rings. The predicted octanol–water partition coefficient (Wildman–Crippen LogP) is 3.98. The van der Waals surface area contributed by atoms with Gasteiger partial charge in [0.05, 0.1) is 19.0 Å².